The largest absolute Gasteiger partial charge is 0.294 e. The molecule has 2 rings (SSSR count). The van der Waals surface area contributed by atoms with Crippen LogP contribution in [0.25, 0.3) is 0 Å². The second-order valence-electron chi connectivity index (χ2n) is 4.85. The molecule has 0 bridgehead atoms. The zero-order chi connectivity index (χ0) is 14.9. The minimum Gasteiger partial charge on any atom is -0.294 e. The SMILES string of the molecule is Cc1cc(C)cc(CC(=O)c2cc(F)c(F)c(F)c2)c1. The summed E-state index contributed by atoms with van der Waals surface area (Å²) in [6, 6.07) is 7.08. The maximum absolute atomic E-state index is 13.1. The number of hydrogen-bond donors (Lipinski definition) is 0. The van der Waals surface area contributed by atoms with Crippen molar-refractivity contribution in [3.05, 3.63) is 70.0 Å². The molecule has 20 heavy (non-hydrogen) atoms. The standard InChI is InChI=1S/C16H13F3O/c1-9-3-10(2)5-11(4-9)6-15(20)12-7-13(17)16(19)14(18)8-12/h3-5,7-8H,6H2,1-2H3. The van der Waals surface area contributed by atoms with Gasteiger partial charge in [0.2, 0.25) is 0 Å². The highest BCUT2D eigenvalue weighted by molar-refractivity contribution is 5.97. The predicted octanol–water partition coefficient (Wildman–Crippen LogP) is 4.15. The number of carbonyl (C=O) groups is 1. The molecule has 4 heteroatoms. The van der Waals surface area contributed by atoms with Crippen molar-refractivity contribution in [1.82, 2.24) is 0 Å². The van der Waals surface area contributed by atoms with E-state index in [0.29, 0.717) is 0 Å². The molecular weight excluding hydrogens is 265 g/mol. The fourth-order valence-corrected chi connectivity index (χ4v) is 2.18. The number of Topliss-reactive ketones (excluding diaryl/α,β-unsaturated/α-hetero) is 1. The molecule has 0 spiro atoms. The molecule has 0 aliphatic carbocycles. The van der Waals surface area contributed by atoms with E-state index < -0.39 is 23.2 Å². The van der Waals surface area contributed by atoms with Crippen LogP contribution in [0.1, 0.15) is 27.0 Å². The molecule has 0 heterocycles. The summed E-state index contributed by atoms with van der Waals surface area (Å²) in [5.41, 5.74) is 2.60. The van der Waals surface area contributed by atoms with Gasteiger partial charge in [-0.15, -0.1) is 0 Å². The van der Waals surface area contributed by atoms with E-state index in [2.05, 4.69) is 0 Å². The summed E-state index contributed by atoms with van der Waals surface area (Å²) in [7, 11) is 0. The van der Waals surface area contributed by atoms with E-state index in [0.717, 1.165) is 28.8 Å². The first-order chi connectivity index (χ1) is 9.36. The molecule has 0 aliphatic rings. The normalized spacial score (nSPS) is 10.7. The number of hydrogen-bond acceptors (Lipinski definition) is 1. The second-order valence-corrected chi connectivity index (χ2v) is 4.85. The van der Waals surface area contributed by atoms with Crippen molar-refractivity contribution in [2.24, 2.45) is 0 Å². The summed E-state index contributed by atoms with van der Waals surface area (Å²) < 4.78 is 39.0. The number of rotatable bonds is 3. The maximum Gasteiger partial charge on any atom is 0.194 e. The van der Waals surface area contributed by atoms with Crippen molar-refractivity contribution in [1.29, 1.82) is 0 Å². The zero-order valence-electron chi connectivity index (χ0n) is 11.1. The molecule has 0 fully saturated rings. The second kappa shape index (κ2) is 5.49. The first-order valence-corrected chi connectivity index (χ1v) is 6.11. The highest BCUT2D eigenvalue weighted by atomic mass is 19.2. The molecule has 0 radical (unpaired) electrons. The molecule has 0 atom stereocenters. The van der Waals surface area contributed by atoms with E-state index in [4.69, 9.17) is 0 Å². The fraction of sp³-hybridized carbons (Fsp3) is 0.188. The van der Waals surface area contributed by atoms with Crippen LogP contribution in [0.15, 0.2) is 30.3 Å². The molecule has 104 valence electrons. The van der Waals surface area contributed by atoms with Gasteiger partial charge >= 0.3 is 0 Å². The van der Waals surface area contributed by atoms with Crippen LogP contribution in [-0.2, 0) is 6.42 Å². The highest BCUT2D eigenvalue weighted by Gasteiger charge is 2.15. The van der Waals surface area contributed by atoms with Crippen molar-refractivity contribution >= 4 is 5.78 Å². The fourth-order valence-electron chi connectivity index (χ4n) is 2.18. The van der Waals surface area contributed by atoms with Crippen LogP contribution in [0.4, 0.5) is 13.2 Å². The van der Waals surface area contributed by atoms with E-state index >= 15 is 0 Å². The third kappa shape index (κ3) is 3.07. The van der Waals surface area contributed by atoms with Gasteiger partial charge in [0.25, 0.3) is 0 Å². The average molecular weight is 278 g/mol. The van der Waals surface area contributed by atoms with Gasteiger partial charge in [-0.25, -0.2) is 13.2 Å². The van der Waals surface area contributed by atoms with Crippen LogP contribution < -0.4 is 0 Å². The van der Waals surface area contributed by atoms with Gasteiger partial charge in [-0.3, -0.25) is 4.79 Å². The van der Waals surface area contributed by atoms with Crippen LogP contribution in [-0.4, -0.2) is 5.78 Å². The summed E-state index contributed by atoms with van der Waals surface area (Å²) in [5.74, 6) is -4.72. The zero-order valence-corrected chi connectivity index (χ0v) is 11.1. The van der Waals surface area contributed by atoms with Crippen molar-refractivity contribution in [2.75, 3.05) is 0 Å². The molecule has 0 aliphatic heterocycles. The summed E-state index contributed by atoms with van der Waals surface area (Å²) in [5, 5.41) is 0. The third-order valence-corrected chi connectivity index (χ3v) is 2.95. The lowest BCUT2D eigenvalue weighted by Crippen LogP contribution is -2.06. The summed E-state index contributed by atoms with van der Waals surface area (Å²) in [6.07, 6.45) is 0.0209. The van der Waals surface area contributed by atoms with Gasteiger partial charge in [-0.2, -0.15) is 0 Å². The van der Waals surface area contributed by atoms with Crippen molar-refractivity contribution in [2.45, 2.75) is 20.3 Å². The Bertz CT molecular complexity index is 634. The van der Waals surface area contributed by atoms with Crippen LogP contribution in [0.5, 0.6) is 0 Å². The topological polar surface area (TPSA) is 17.1 Å². The minimum atomic E-state index is -1.56. The van der Waals surface area contributed by atoms with Crippen LogP contribution in [0.2, 0.25) is 0 Å². The van der Waals surface area contributed by atoms with Crippen LogP contribution in [0, 0.1) is 31.3 Å². The van der Waals surface area contributed by atoms with Gasteiger partial charge in [0, 0.05) is 12.0 Å². The molecule has 0 N–H and O–H groups in total. The Morgan fingerprint density at radius 1 is 0.900 bits per heavy atom. The molecule has 0 aromatic heterocycles. The molecule has 0 saturated heterocycles. The monoisotopic (exact) mass is 278 g/mol. The first-order valence-electron chi connectivity index (χ1n) is 6.11. The van der Waals surface area contributed by atoms with E-state index in [9.17, 15) is 18.0 Å². The number of benzene rings is 2. The lowest BCUT2D eigenvalue weighted by atomic mass is 9.99. The molecular formula is C16H13F3O. The molecule has 0 saturated carbocycles. The quantitative estimate of drug-likeness (QED) is 0.609. The average Bonchev–Trinajstić information content (AvgIpc) is 2.33. The number of aryl methyl sites for hydroxylation is 2. The van der Waals surface area contributed by atoms with E-state index in [-0.39, 0.29) is 12.0 Å². The molecule has 2 aromatic rings. The Labute approximate surface area is 115 Å². The Morgan fingerprint density at radius 2 is 1.40 bits per heavy atom. The van der Waals surface area contributed by atoms with Gasteiger partial charge in [0.1, 0.15) is 0 Å². The molecule has 2 aromatic carbocycles. The van der Waals surface area contributed by atoms with Crippen LogP contribution in [0.3, 0.4) is 0 Å². The Morgan fingerprint density at radius 3 is 1.90 bits per heavy atom. The summed E-state index contributed by atoms with van der Waals surface area (Å²) >= 11 is 0. The van der Waals surface area contributed by atoms with Gasteiger partial charge in [0.05, 0.1) is 0 Å². The summed E-state index contributed by atoms with van der Waals surface area (Å²) in [6.45, 7) is 3.80. The smallest absolute Gasteiger partial charge is 0.194 e. The Hall–Kier alpha value is -2.10. The first kappa shape index (κ1) is 14.3. The Balaban J connectivity index is 2.28. The molecule has 1 nitrogen and oxygen atoms in total. The minimum absolute atomic E-state index is 0.0209. The van der Waals surface area contributed by atoms with Crippen molar-refractivity contribution in [3.8, 4) is 0 Å². The van der Waals surface area contributed by atoms with Crippen LogP contribution >= 0.6 is 0 Å². The number of halogens is 3. The lowest BCUT2D eigenvalue weighted by molar-refractivity contribution is 0.0992. The van der Waals surface area contributed by atoms with E-state index in [1.165, 1.54) is 0 Å². The van der Waals surface area contributed by atoms with Gasteiger partial charge in [-0.1, -0.05) is 29.3 Å². The van der Waals surface area contributed by atoms with E-state index in [1.54, 1.807) is 0 Å². The highest BCUT2D eigenvalue weighted by Crippen LogP contribution is 2.17. The van der Waals surface area contributed by atoms with E-state index in [1.807, 2.05) is 32.0 Å². The van der Waals surface area contributed by atoms with Gasteiger partial charge < -0.3 is 0 Å². The maximum atomic E-state index is 13.1. The third-order valence-electron chi connectivity index (χ3n) is 2.95. The van der Waals surface area contributed by atoms with Gasteiger partial charge in [0.15, 0.2) is 23.2 Å². The number of ketones is 1. The number of carbonyl (C=O) groups excluding carboxylic acids is 1. The molecule has 0 amide bonds. The lowest BCUT2D eigenvalue weighted by Gasteiger charge is -2.06. The van der Waals surface area contributed by atoms with Crippen molar-refractivity contribution in [3.63, 3.8) is 0 Å². The van der Waals surface area contributed by atoms with Crippen molar-refractivity contribution < 1.29 is 18.0 Å². The Kier molecular flexibility index (Phi) is 3.93. The van der Waals surface area contributed by atoms with Gasteiger partial charge in [-0.05, 0) is 31.5 Å². The molecule has 0 unspecified atom stereocenters. The predicted molar refractivity (Wildman–Crippen MR) is 70.3 cm³/mol. The summed E-state index contributed by atoms with van der Waals surface area (Å²) in [4.78, 5) is 12.0.